The van der Waals surface area contributed by atoms with E-state index in [-0.39, 0.29) is 0 Å². The Labute approximate surface area is 98.0 Å². The Kier molecular flexibility index (Phi) is 5.19. The number of hydrogen-bond donors (Lipinski definition) is 2. The third-order valence-electron chi connectivity index (χ3n) is 1.73. The Morgan fingerprint density at radius 1 is 1.18 bits per heavy atom. The van der Waals surface area contributed by atoms with Gasteiger partial charge in [0.15, 0.2) is 0 Å². The van der Waals surface area contributed by atoms with Gasteiger partial charge >= 0.3 is 5.97 Å². The largest absolute Gasteiger partial charge is 0.431 e. The van der Waals surface area contributed by atoms with Crippen LogP contribution in [-0.2, 0) is 14.3 Å². The molecule has 88 valence electrons. The highest BCUT2D eigenvalue weighted by molar-refractivity contribution is 5.94. The van der Waals surface area contributed by atoms with Gasteiger partial charge in [0.05, 0.1) is 6.26 Å². The van der Waals surface area contributed by atoms with Gasteiger partial charge in [-0.1, -0.05) is 30.3 Å². The van der Waals surface area contributed by atoms with Crippen LogP contribution in [0.25, 0.3) is 6.08 Å². The lowest BCUT2D eigenvalue weighted by atomic mass is 10.2. The molecule has 0 aliphatic rings. The summed E-state index contributed by atoms with van der Waals surface area (Å²) in [6, 6.07) is 9.28. The number of carbonyl (C=O) groups excluding carboxylic acids is 2. The summed E-state index contributed by atoms with van der Waals surface area (Å²) < 4.78 is 4.67. The Balaban J connectivity index is 2.41. The van der Waals surface area contributed by atoms with E-state index in [1.165, 1.54) is 11.7 Å². The quantitative estimate of drug-likeness (QED) is 0.270. The third-order valence-corrected chi connectivity index (χ3v) is 1.73. The number of hydroxylamine groups is 1. The van der Waals surface area contributed by atoms with E-state index in [1.54, 1.807) is 6.08 Å². The summed E-state index contributed by atoms with van der Waals surface area (Å²) in [5, 5.41) is 8.16. The van der Waals surface area contributed by atoms with Crippen LogP contribution in [0.4, 0.5) is 0 Å². The maximum Gasteiger partial charge on any atom is 0.335 e. The van der Waals surface area contributed by atoms with Crippen LogP contribution in [0, 0.1) is 0 Å². The molecule has 0 saturated carbocycles. The molecular weight excluding hydrogens is 222 g/mol. The van der Waals surface area contributed by atoms with E-state index in [9.17, 15) is 9.59 Å². The summed E-state index contributed by atoms with van der Waals surface area (Å²) in [5.41, 5.74) is 2.24. The van der Waals surface area contributed by atoms with Gasteiger partial charge < -0.3 is 4.74 Å². The number of esters is 1. The SMILES string of the molecule is O=C(C=CC(=O)OC=Cc1ccccc1)NO. The van der Waals surface area contributed by atoms with Crippen molar-refractivity contribution in [3.63, 3.8) is 0 Å². The minimum absolute atomic E-state index is 0.708. The lowest BCUT2D eigenvalue weighted by Crippen LogP contribution is -2.15. The molecule has 0 heterocycles. The molecule has 0 spiro atoms. The van der Waals surface area contributed by atoms with Gasteiger partial charge in [-0.25, -0.2) is 10.3 Å². The number of ether oxygens (including phenoxy) is 1. The topological polar surface area (TPSA) is 75.6 Å². The van der Waals surface area contributed by atoms with E-state index in [2.05, 4.69) is 4.74 Å². The first-order chi connectivity index (χ1) is 8.22. The molecular formula is C12H11NO4. The van der Waals surface area contributed by atoms with Crippen molar-refractivity contribution in [2.45, 2.75) is 0 Å². The lowest BCUT2D eigenvalue weighted by molar-refractivity contribution is -0.132. The summed E-state index contributed by atoms with van der Waals surface area (Å²) in [4.78, 5) is 21.6. The fourth-order valence-electron chi connectivity index (χ4n) is 0.964. The van der Waals surface area contributed by atoms with Crippen molar-refractivity contribution in [1.29, 1.82) is 0 Å². The molecule has 5 heteroatoms. The second-order valence-corrected chi connectivity index (χ2v) is 2.96. The number of nitrogens with one attached hydrogen (secondary N) is 1. The van der Waals surface area contributed by atoms with Crippen LogP contribution < -0.4 is 5.48 Å². The highest BCUT2D eigenvalue weighted by Gasteiger charge is 1.96. The summed E-state index contributed by atoms with van der Waals surface area (Å²) >= 11 is 0. The fraction of sp³-hybridized carbons (Fsp3) is 0. The van der Waals surface area contributed by atoms with Crippen molar-refractivity contribution in [2.75, 3.05) is 0 Å². The molecule has 0 aromatic heterocycles. The molecule has 0 aliphatic heterocycles. The molecule has 5 nitrogen and oxygen atoms in total. The van der Waals surface area contributed by atoms with Crippen molar-refractivity contribution >= 4 is 18.0 Å². The Morgan fingerprint density at radius 2 is 1.88 bits per heavy atom. The standard InChI is InChI=1S/C12H11NO4/c14-11(13-16)6-7-12(15)17-9-8-10-4-2-1-3-5-10/h1-9,16H,(H,13,14). The summed E-state index contributed by atoms with van der Waals surface area (Å²) in [5.74, 6) is -1.50. The smallest absolute Gasteiger partial charge is 0.335 e. The first-order valence-corrected chi connectivity index (χ1v) is 4.77. The molecule has 0 atom stereocenters. The summed E-state index contributed by atoms with van der Waals surface area (Å²) in [6.45, 7) is 0. The summed E-state index contributed by atoms with van der Waals surface area (Å²) in [7, 11) is 0. The van der Waals surface area contributed by atoms with Crippen LogP contribution in [0.5, 0.6) is 0 Å². The Bertz CT molecular complexity index is 437. The Morgan fingerprint density at radius 3 is 2.53 bits per heavy atom. The van der Waals surface area contributed by atoms with E-state index in [0.717, 1.165) is 17.7 Å². The van der Waals surface area contributed by atoms with Gasteiger partial charge in [0, 0.05) is 12.2 Å². The summed E-state index contributed by atoms with van der Waals surface area (Å²) in [6.07, 6.45) is 4.59. The van der Waals surface area contributed by atoms with E-state index in [0.29, 0.717) is 0 Å². The molecule has 1 amide bonds. The van der Waals surface area contributed by atoms with Crippen molar-refractivity contribution in [3.05, 3.63) is 54.3 Å². The van der Waals surface area contributed by atoms with E-state index >= 15 is 0 Å². The van der Waals surface area contributed by atoms with Crippen molar-refractivity contribution in [1.82, 2.24) is 5.48 Å². The second kappa shape index (κ2) is 6.97. The number of carbonyl (C=O) groups is 2. The van der Waals surface area contributed by atoms with Gasteiger partial charge in [0.25, 0.3) is 5.91 Å². The van der Waals surface area contributed by atoms with Crippen LogP contribution in [0.2, 0.25) is 0 Å². The molecule has 0 saturated heterocycles. The first-order valence-electron chi connectivity index (χ1n) is 4.77. The van der Waals surface area contributed by atoms with Crippen molar-refractivity contribution < 1.29 is 19.5 Å². The van der Waals surface area contributed by atoms with Gasteiger partial charge in [0.1, 0.15) is 0 Å². The van der Waals surface area contributed by atoms with Gasteiger partial charge in [-0.05, 0) is 11.6 Å². The fourth-order valence-corrected chi connectivity index (χ4v) is 0.964. The maximum atomic E-state index is 11.0. The Hall–Kier alpha value is -2.40. The van der Waals surface area contributed by atoms with E-state index in [1.807, 2.05) is 30.3 Å². The monoisotopic (exact) mass is 233 g/mol. The zero-order valence-corrected chi connectivity index (χ0v) is 8.87. The van der Waals surface area contributed by atoms with Gasteiger partial charge in [-0.2, -0.15) is 0 Å². The molecule has 1 aromatic carbocycles. The number of rotatable bonds is 4. The van der Waals surface area contributed by atoms with Crippen molar-refractivity contribution in [2.24, 2.45) is 0 Å². The molecule has 17 heavy (non-hydrogen) atoms. The van der Waals surface area contributed by atoms with E-state index in [4.69, 9.17) is 5.21 Å². The predicted octanol–water partition coefficient (Wildman–Crippen LogP) is 1.26. The van der Waals surface area contributed by atoms with Gasteiger partial charge in [-0.3, -0.25) is 10.0 Å². The molecule has 0 fully saturated rings. The zero-order chi connectivity index (χ0) is 12.5. The molecule has 1 aromatic rings. The van der Waals surface area contributed by atoms with Crippen LogP contribution in [0.1, 0.15) is 5.56 Å². The first kappa shape index (κ1) is 12.7. The maximum absolute atomic E-state index is 11.0. The van der Waals surface area contributed by atoms with Crippen LogP contribution in [0.3, 0.4) is 0 Å². The average molecular weight is 233 g/mol. The second-order valence-electron chi connectivity index (χ2n) is 2.96. The molecule has 0 bridgehead atoms. The molecule has 0 aliphatic carbocycles. The van der Waals surface area contributed by atoms with Crippen molar-refractivity contribution in [3.8, 4) is 0 Å². The predicted molar refractivity (Wildman–Crippen MR) is 60.6 cm³/mol. The molecule has 2 N–H and O–H groups in total. The number of amides is 1. The van der Waals surface area contributed by atoms with Crippen LogP contribution in [-0.4, -0.2) is 17.1 Å². The highest BCUT2D eigenvalue weighted by atomic mass is 16.5. The molecule has 1 rings (SSSR count). The van der Waals surface area contributed by atoms with E-state index < -0.39 is 11.9 Å². The third kappa shape index (κ3) is 5.29. The minimum atomic E-state index is -0.797. The average Bonchev–Trinajstić information content (AvgIpc) is 2.37. The highest BCUT2D eigenvalue weighted by Crippen LogP contribution is 2.00. The van der Waals surface area contributed by atoms with Gasteiger partial charge in [0.2, 0.25) is 0 Å². The normalized spacial score (nSPS) is 10.6. The molecule has 0 unspecified atom stereocenters. The van der Waals surface area contributed by atoms with Crippen LogP contribution in [0.15, 0.2) is 48.7 Å². The minimum Gasteiger partial charge on any atom is -0.431 e. The van der Waals surface area contributed by atoms with Crippen LogP contribution >= 0.6 is 0 Å². The number of hydrogen-bond acceptors (Lipinski definition) is 4. The zero-order valence-electron chi connectivity index (χ0n) is 8.87. The number of benzene rings is 1. The van der Waals surface area contributed by atoms with Gasteiger partial charge in [-0.15, -0.1) is 0 Å². The molecule has 0 radical (unpaired) electrons. The lowest BCUT2D eigenvalue weighted by Gasteiger charge is -1.93.